The van der Waals surface area contributed by atoms with Crippen LogP contribution in [0.25, 0.3) is 0 Å². The molecule has 8 nitrogen and oxygen atoms in total. The molecule has 0 unspecified atom stereocenters. The SMILES string of the molecule is C=CCN1C(=O)c2ccc(C(=O)O[C@H](C)C(=O)Nc3ccc(OC)cc3)cc2C1=O. The van der Waals surface area contributed by atoms with Gasteiger partial charge in [0.25, 0.3) is 17.7 Å². The average Bonchev–Trinajstić information content (AvgIpc) is 2.98. The standard InChI is InChI=1S/C22H20N2O6/c1-4-11-24-20(26)17-10-5-14(12-18(17)21(24)27)22(28)30-13(2)19(25)23-15-6-8-16(29-3)9-7-15/h4-10,12-13H,1,11H2,2-3H3,(H,23,25)/t13-/m1/s1. The maximum absolute atomic E-state index is 12.4. The predicted octanol–water partition coefficient (Wildman–Crippen LogP) is 2.66. The van der Waals surface area contributed by atoms with Crippen molar-refractivity contribution in [2.45, 2.75) is 13.0 Å². The van der Waals surface area contributed by atoms with Gasteiger partial charge >= 0.3 is 5.97 Å². The molecule has 3 amide bonds. The second kappa shape index (κ2) is 8.60. The predicted molar refractivity (Wildman–Crippen MR) is 109 cm³/mol. The van der Waals surface area contributed by atoms with E-state index in [1.807, 2.05) is 0 Å². The highest BCUT2D eigenvalue weighted by molar-refractivity contribution is 6.22. The number of hydrogen-bond acceptors (Lipinski definition) is 6. The molecule has 1 N–H and O–H groups in total. The van der Waals surface area contributed by atoms with Gasteiger partial charge in [0.15, 0.2) is 6.10 Å². The highest BCUT2D eigenvalue weighted by atomic mass is 16.5. The molecular weight excluding hydrogens is 388 g/mol. The number of hydrogen-bond donors (Lipinski definition) is 1. The number of anilines is 1. The smallest absolute Gasteiger partial charge is 0.338 e. The number of carbonyl (C=O) groups is 4. The fraction of sp³-hybridized carbons (Fsp3) is 0.182. The van der Waals surface area contributed by atoms with Crippen LogP contribution in [0.3, 0.4) is 0 Å². The zero-order chi connectivity index (χ0) is 21.8. The van der Waals surface area contributed by atoms with E-state index in [0.717, 1.165) is 4.90 Å². The zero-order valence-electron chi connectivity index (χ0n) is 16.5. The monoisotopic (exact) mass is 408 g/mol. The first-order chi connectivity index (χ1) is 14.3. The summed E-state index contributed by atoms with van der Waals surface area (Å²) in [6, 6.07) is 10.8. The molecule has 0 spiro atoms. The second-order valence-corrected chi connectivity index (χ2v) is 6.54. The first-order valence-electron chi connectivity index (χ1n) is 9.12. The average molecular weight is 408 g/mol. The van der Waals surface area contributed by atoms with Gasteiger partial charge in [-0.2, -0.15) is 0 Å². The van der Waals surface area contributed by atoms with Crippen molar-refractivity contribution in [3.63, 3.8) is 0 Å². The Kier molecular flexibility index (Phi) is 5.96. The van der Waals surface area contributed by atoms with E-state index in [1.54, 1.807) is 24.3 Å². The van der Waals surface area contributed by atoms with Gasteiger partial charge in [-0.1, -0.05) is 6.08 Å². The summed E-state index contributed by atoms with van der Waals surface area (Å²) in [6.07, 6.45) is 0.363. The lowest BCUT2D eigenvalue weighted by atomic mass is 10.1. The van der Waals surface area contributed by atoms with Crippen LogP contribution >= 0.6 is 0 Å². The van der Waals surface area contributed by atoms with Crippen molar-refractivity contribution in [1.29, 1.82) is 0 Å². The molecule has 154 valence electrons. The van der Waals surface area contributed by atoms with Crippen LogP contribution in [0.2, 0.25) is 0 Å². The highest BCUT2D eigenvalue weighted by Gasteiger charge is 2.35. The summed E-state index contributed by atoms with van der Waals surface area (Å²) in [5, 5.41) is 2.64. The van der Waals surface area contributed by atoms with Gasteiger partial charge in [0, 0.05) is 12.2 Å². The molecule has 30 heavy (non-hydrogen) atoms. The van der Waals surface area contributed by atoms with Crippen molar-refractivity contribution in [1.82, 2.24) is 4.90 Å². The third-order valence-corrected chi connectivity index (χ3v) is 4.53. The Bertz CT molecular complexity index is 1030. The summed E-state index contributed by atoms with van der Waals surface area (Å²) >= 11 is 0. The fourth-order valence-corrected chi connectivity index (χ4v) is 2.91. The minimum atomic E-state index is -1.08. The molecular formula is C22H20N2O6. The largest absolute Gasteiger partial charge is 0.497 e. The summed E-state index contributed by atoms with van der Waals surface area (Å²) in [7, 11) is 1.54. The van der Waals surface area contributed by atoms with Crippen LogP contribution in [0.4, 0.5) is 5.69 Å². The van der Waals surface area contributed by atoms with Crippen LogP contribution in [-0.4, -0.2) is 48.3 Å². The molecule has 0 radical (unpaired) electrons. The highest BCUT2D eigenvalue weighted by Crippen LogP contribution is 2.24. The molecule has 2 aromatic carbocycles. The summed E-state index contributed by atoms with van der Waals surface area (Å²) in [5.74, 6) is -1.60. The van der Waals surface area contributed by atoms with E-state index in [4.69, 9.17) is 9.47 Å². The molecule has 2 aromatic rings. The van der Waals surface area contributed by atoms with Crippen molar-refractivity contribution in [2.24, 2.45) is 0 Å². The zero-order valence-corrected chi connectivity index (χ0v) is 16.5. The molecule has 3 rings (SSSR count). The van der Waals surface area contributed by atoms with Crippen LogP contribution in [0, 0.1) is 0 Å². The van der Waals surface area contributed by atoms with Crippen LogP contribution in [0.1, 0.15) is 38.0 Å². The second-order valence-electron chi connectivity index (χ2n) is 6.54. The molecule has 0 bridgehead atoms. The molecule has 1 aliphatic heterocycles. The normalized spacial score (nSPS) is 13.5. The van der Waals surface area contributed by atoms with Crippen LogP contribution in [0.15, 0.2) is 55.1 Å². The number of benzene rings is 2. The number of amides is 3. The number of nitrogens with zero attached hydrogens (tertiary/aromatic N) is 1. The van der Waals surface area contributed by atoms with Crippen molar-refractivity contribution >= 4 is 29.4 Å². The van der Waals surface area contributed by atoms with Gasteiger partial charge in [0.1, 0.15) is 5.75 Å². The minimum absolute atomic E-state index is 0.0689. The number of esters is 1. The van der Waals surface area contributed by atoms with Crippen molar-refractivity contribution < 1.29 is 28.7 Å². The molecule has 0 aliphatic carbocycles. The molecule has 0 saturated carbocycles. The van der Waals surface area contributed by atoms with Crippen molar-refractivity contribution in [3.8, 4) is 5.75 Å². The Morgan fingerprint density at radius 1 is 1.10 bits per heavy atom. The van der Waals surface area contributed by atoms with E-state index < -0.39 is 29.8 Å². The van der Waals surface area contributed by atoms with Gasteiger partial charge in [-0.3, -0.25) is 19.3 Å². The number of ether oxygens (including phenoxy) is 2. The van der Waals surface area contributed by atoms with E-state index in [2.05, 4.69) is 11.9 Å². The van der Waals surface area contributed by atoms with E-state index in [9.17, 15) is 19.2 Å². The number of imide groups is 1. The van der Waals surface area contributed by atoms with E-state index in [1.165, 1.54) is 38.3 Å². The summed E-state index contributed by atoms with van der Waals surface area (Å²) in [6.45, 7) is 5.04. The number of nitrogens with one attached hydrogen (secondary N) is 1. The van der Waals surface area contributed by atoms with Gasteiger partial charge in [-0.15, -0.1) is 6.58 Å². The Balaban J connectivity index is 1.67. The van der Waals surface area contributed by atoms with Gasteiger partial charge in [0.2, 0.25) is 0 Å². The number of rotatable bonds is 7. The molecule has 8 heteroatoms. The first kappa shape index (κ1) is 20.8. The van der Waals surface area contributed by atoms with Gasteiger partial charge in [0.05, 0.1) is 23.8 Å². The maximum Gasteiger partial charge on any atom is 0.338 e. The lowest BCUT2D eigenvalue weighted by Gasteiger charge is -2.14. The lowest BCUT2D eigenvalue weighted by molar-refractivity contribution is -0.123. The van der Waals surface area contributed by atoms with Crippen LogP contribution in [0.5, 0.6) is 5.75 Å². The Morgan fingerprint density at radius 3 is 2.40 bits per heavy atom. The molecule has 0 fully saturated rings. The van der Waals surface area contributed by atoms with Crippen LogP contribution in [-0.2, 0) is 9.53 Å². The quantitative estimate of drug-likeness (QED) is 0.429. The topological polar surface area (TPSA) is 102 Å². The van der Waals surface area contributed by atoms with E-state index >= 15 is 0 Å². The minimum Gasteiger partial charge on any atom is -0.497 e. The molecule has 1 atom stereocenters. The fourth-order valence-electron chi connectivity index (χ4n) is 2.91. The third kappa shape index (κ3) is 4.07. The maximum atomic E-state index is 12.4. The lowest BCUT2D eigenvalue weighted by Crippen LogP contribution is -2.30. The molecule has 0 saturated heterocycles. The third-order valence-electron chi connectivity index (χ3n) is 4.53. The Labute approximate surface area is 173 Å². The number of fused-ring (bicyclic) bond motifs is 1. The Hall–Kier alpha value is -3.94. The van der Waals surface area contributed by atoms with Crippen molar-refractivity contribution in [2.75, 3.05) is 19.0 Å². The molecule has 1 aliphatic rings. The van der Waals surface area contributed by atoms with Crippen LogP contribution < -0.4 is 10.1 Å². The van der Waals surface area contributed by atoms with E-state index in [-0.39, 0.29) is 23.2 Å². The summed E-state index contributed by atoms with van der Waals surface area (Å²) in [5.41, 5.74) is 0.919. The van der Waals surface area contributed by atoms with Gasteiger partial charge in [-0.25, -0.2) is 4.79 Å². The molecule has 1 heterocycles. The first-order valence-corrected chi connectivity index (χ1v) is 9.12. The number of methoxy groups -OCH3 is 1. The van der Waals surface area contributed by atoms with Gasteiger partial charge < -0.3 is 14.8 Å². The van der Waals surface area contributed by atoms with Gasteiger partial charge in [-0.05, 0) is 49.4 Å². The summed E-state index contributed by atoms with van der Waals surface area (Å²) in [4.78, 5) is 50.4. The number of carbonyl (C=O) groups excluding carboxylic acids is 4. The molecule has 0 aromatic heterocycles. The van der Waals surface area contributed by atoms with Crippen molar-refractivity contribution in [3.05, 3.63) is 71.8 Å². The Morgan fingerprint density at radius 2 is 1.77 bits per heavy atom. The summed E-state index contributed by atoms with van der Waals surface area (Å²) < 4.78 is 10.3. The van der Waals surface area contributed by atoms with E-state index in [0.29, 0.717) is 11.4 Å².